The minimum absolute atomic E-state index is 0.000608. The maximum absolute atomic E-state index is 11.8. The highest BCUT2D eigenvalue weighted by atomic mass is 16.2. The quantitative estimate of drug-likeness (QED) is 0.831. The molecule has 2 rings (SSSR count). The van der Waals surface area contributed by atoms with Crippen molar-refractivity contribution in [1.82, 2.24) is 0 Å². The van der Waals surface area contributed by atoms with E-state index < -0.39 is 0 Å². The second kappa shape index (κ2) is 6.02. The highest BCUT2D eigenvalue weighted by Crippen LogP contribution is 2.12. The van der Waals surface area contributed by atoms with Crippen LogP contribution < -0.4 is 10.6 Å². The molecule has 0 bridgehead atoms. The lowest BCUT2D eigenvalue weighted by molar-refractivity contribution is 0.101. The highest BCUT2D eigenvalue weighted by Gasteiger charge is 2.03. The average Bonchev–Trinajstić information content (AvgIpc) is 2.42. The molecule has 0 saturated carbocycles. The molecule has 0 unspecified atom stereocenters. The number of urea groups is 1. The van der Waals surface area contributed by atoms with Crippen LogP contribution in [0.4, 0.5) is 16.2 Å². The van der Waals surface area contributed by atoms with Gasteiger partial charge in [0.05, 0.1) is 0 Å². The van der Waals surface area contributed by atoms with Crippen molar-refractivity contribution < 1.29 is 9.59 Å². The molecule has 0 radical (unpaired) electrons. The Hall–Kier alpha value is -2.62. The lowest BCUT2D eigenvalue weighted by Gasteiger charge is -2.08. The molecule has 0 aliphatic heterocycles. The number of carbonyl (C=O) groups is 2. The first-order valence-electron chi connectivity index (χ1n) is 6.30. The molecule has 0 aromatic heterocycles. The molecule has 2 amide bonds. The number of hydrogen-bond acceptors (Lipinski definition) is 2. The molecular formula is C16H16N2O2. The van der Waals surface area contributed by atoms with Crippen LogP contribution in [0.1, 0.15) is 22.8 Å². The van der Waals surface area contributed by atoms with E-state index in [0.29, 0.717) is 11.3 Å². The molecule has 102 valence electrons. The van der Waals surface area contributed by atoms with Gasteiger partial charge in [0.1, 0.15) is 0 Å². The lowest BCUT2D eigenvalue weighted by Crippen LogP contribution is -2.19. The Morgan fingerprint density at radius 2 is 1.25 bits per heavy atom. The number of hydrogen-bond donors (Lipinski definition) is 2. The summed E-state index contributed by atoms with van der Waals surface area (Å²) in [7, 11) is 0. The van der Waals surface area contributed by atoms with Gasteiger partial charge in [-0.3, -0.25) is 4.79 Å². The van der Waals surface area contributed by atoms with Gasteiger partial charge in [-0.2, -0.15) is 0 Å². The van der Waals surface area contributed by atoms with Gasteiger partial charge in [-0.1, -0.05) is 17.7 Å². The zero-order valence-electron chi connectivity index (χ0n) is 11.4. The van der Waals surface area contributed by atoms with E-state index >= 15 is 0 Å². The maximum atomic E-state index is 11.8. The second-order valence-corrected chi connectivity index (χ2v) is 4.58. The van der Waals surface area contributed by atoms with E-state index in [1.54, 1.807) is 24.3 Å². The van der Waals surface area contributed by atoms with Crippen molar-refractivity contribution in [3.05, 3.63) is 59.7 Å². The molecule has 0 atom stereocenters. The Morgan fingerprint density at radius 3 is 1.70 bits per heavy atom. The summed E-state index contributed by atoms with van der Waals surface area (Å²) in [5, 5.41) is 5.45. The number of aryl methyl sites for hydroxylation is 1. The molecular weight excluding hydrogens is 252 g/mol. The third-order valence-electron chi connectivity index (χ3n) is 2.86. The molecule has 4 nitrogen and oxygen atoms in total. The van der Waals surface area contributed by atoms with E-state index in [9.17, 15) is 9.59 Å². The fourth-order valence-corrected chi connectivity index (χ4v) is 1.72. The topological polar surface area (TPSA) is 58.2 Å². The highest BCUT2D eigenvalue weighted by molar-refractivity contribution is 6.00. The molecule has 0 aliphatic rings. The molecule has 0 spiro atoms. The zero-order valence-corrected chi connectivity index (χ0v) is 11.4. The van der Waals surface area contributed by atoms with Crippen LogP contribution in [-0.4, -0.2) is 11.8 Å². The van der Waals surface area contributed by atoms with Crippen molar-refractivity contribution in [1.29, 1.82) is 0 Å². The van der Waals surface area contributed by atoms with Crippen LogP contribution in [0, 0.1) is 6.92 Å². The molecule has 2 aromatic rings. The molecule has 0 aliphatic carbocycles. The number of carbonyl (C=O) groups excluding carboxylic acids is 2. The van der Waals surface area contributed by atoms with E-state index in [1.165, 1.54) is 6.92 Å². The van der Waals surface area contributed by atoms with Crippen LogP contribution in [0.15, 0.2) is 48.5 Å². The number of benzene rings is 2. The predicted molar refractivity (Wildman–Crippen MR) is 80.3 cm³/mol. The van der Waals surface area contributed by atoms with Gasteiger partial charge in [-0.25, -0.2) is 4.79 Å². The van der Waals surface area contributed by atoms with Crippen LogP contribution >= 0.6 is 0 Å². The van der Waals surface area contributed by atoms with Crippen molar-refractivity contribution in [3.8, 4) is 0 Å². The Kier molecular flexibility index (Phi) is 4.15. The van der Waals surface area contributed by atoms with Crippen LogP contribution in [0.5, 0.6) is 0 Å². The number of ketones is 1. The average molecular weight is 268 g/mol. The van der Waals surface area contributed by atoms with Gasteiger partial charge in [-0.05, 0) is 50.2 Å². The van der Waals surface area contributed by atoms with E-state index in [4.69, 9.17) is 0 Å². The van der Waals surface area contributed by atoms with Gasteiger partial charge < -0.3 is 10.6 Å². The van der Waals surface area contributed by atoms with Crippen molar-refractivity contribution in [2.45, 2.75) is 13.8 Å². The molecule has 20 heavy (non-hydrogen) atoms. The number of rotatable bonds is 3. The van der Waals surface area contributed by atoms with Gasteiger partial charge in [-0.15, -0.1) is 0 Å². The maximum Gasteiger partial charge on any atom is 0.323 e. The third-order valence-corrected chi connectivity index (χ3v) is 2.86. The van der Waals surface area contributed by atoms with E-state index in [0.717, 1.165) is 11.3 Å². The summed E-state index contributed by atoms with van der Waals surface area (Å²) in [6, 6.07) is 14.0. The normalized spacial score (nSPS) is 9.90. The first-order valence-corrected chi connectivity index (χ1v) is 6.30. The molecule has 4 heteroatoms. The van der Waals surface area contributed by atoms with Gasteiger partial charge in [0.25, 0.3) is 0 Å². The van der Waals surface area contributed by atoms with Gasteiger partial charge in [0, 0.05) is 16.9 Å². The summed E-state index contributed by atoms with van der Waals surface area (Å²) in [6.45, 7) is 3.49. The minimum atomic E-state index is -0.315. The Labute approximate surface area is 117 Å². The number of Topliss-reactive ketones (excluding diaryl/α,β-unsaturated/α-hetero) is 1. The Bertz CT molecular complexity index is 616. The monoisotopic (exact) mass is 268 g/mol. The summed E-state index contributed by atoms with van der Waals surface area (Å²) in [5.41, 5.74) is 3.12. The summed E-state index contributed by atoms with van der Waals surface area (Å²) in [5.74, 6) is 0.000608. The lowest BCUT2D eigenvalue weighted by atomic mass is 10.1. The van der Waals surface area contributed by atoms with Crippen LogP contribution in [0.3, 0.4) is 0 Å². The summed E-state index contributed by atoms with van der Waals surface area (Å²) >= 11 is 0. The van der Waals surface area contributed by atoms with Crippen molar-refractivity contribution in [2.75, 3.05) is 10.6 Å². The molecule has 2 aromatic carbocycles. The third kappa shape index (κ3) is 3.68. The van der Waals surface area contributed by atoms with Crippen LogP contribution in [-0.2, 0) is 0 Å². The fraction of sp³-hybridized carbons (Fsp3) is 0.125. The van der Waals surface area contributed by atoms with Crippen molar-refractivity contribution in [2.24, 2.45) is 0 Å². The van der Waals surface area contributed by atoms with Crippen LogP contribution in [0.25, 0.3) is 0 Å². The predicted octanol–water partition coefficient (Wildman–Crippen LogP) is 3.84. The van der Waals surface area contributed by atoms with Crippen molar-refractivity contribution in [3.63, 3.8) is 0 Å². The van der Waals surface area contributed by atoms with Crippen molar-refractivity contribution >= 4 is 23.2 Å². The summed E-state index contributed by atoms with van der Waals surface area (Å²) in [4.78, 5) is 22.9. The number of nitrogens with one attached hydrogen (secondary N) is 2. The summed E-state index contributed by atoms with van der Waals surface area (Å²) in [6.07, 6.45) is 0. The second-order valence-electron chi connectivity index (χ2n) is 4.58. The Balaban J connectivity index is 1.97. The smallest absolute Gasteiger partial charge is 0.308 e. The SMILES string of the molecule is CC(=O)c1ccc(NC(=O)Nc2ccc(C)cc2)cc1. The molecule has 0 fully saturated rings. The molecule has 0 heterocycles. The van der Waals surface area contributed by atoms with E-state index in [-0.39, 0.29) is 11.8 Å². The zero-order chi connectivity index (χ0) is 14.5. The summed E-state index contributed by atoms with van der Waals surface area (Å²) < 4.78 is 0. The number of anilines is 2. The van der Waals surface area contributed by atoms with E-state index in [2.05, 4.69) is 10.6 Å². The standard InChI is InChI=1S/C16H16N2O2/c1-11-3-7-14(8-4-11)17-16(20)18-15-9-5-13(6-10-15)12(2)19/h3-10H,1-2H3,(H2,17,18,20). The Morgan fingerprint density at radius 1 is 0.800 bits per heavy atom. The molecule has 0 saturated heterocycles. The van der Waals surface area contributed by atoms with E-state index in [1.807, 2.05) is 31.2 Å². The fourth-order valence-electron chi connectivity index (χ4n) is 1.72. The van der Waals surface area contributed by atoms with Gasteiger partial charge in [0.2, 0.25) is 0 Å². The minimum Gasteiger partial charge on any atom is -0.308 e. The first kappa shape index (κ1) is 13.8. The first-order chi connectivity index (χ1) is 9.54. The van der Waals surface area contributed by atoms with Crippen LogP contribution in [0.2, 0.25) is 0 Å². The number of amides is 2. The van der Waals surface area contributed by atoms with Gasteiger partial charge >= 0.3 is 6.03 Å². The largest absolute Gasteiger partial charge is 0.323 e. The van der Waals surface area contributed by atoms with Gasteiger partial charge in [0.15, 0.2) is 5.78 Å². The molecule has 2 N–H and O–H groups in total.